The van der Waals surface area contributed by atoms with E-state index in [0.717, 1.165) is 0 Å². The van der Waals surface area contributed by atoms with Gasteiger partial charge in [-0.25, -0.2) is 0 Å². The predicted octanol–water partition coefficient (Wildman–Crippen LogP) is 0.468. The number of nitrogens with zero attached hydrogens (tertiary/aromatic N) is 1. The van der Waals surface area contributed by atoms with Crippen LogP contribution in [0.1, 0.15) is 27.0 Å². The Kier molecular flexibility index (Phi) is 3.53. The van der Waals surface area contributed by atoms with Crippen LogP contribution < -0.4 is 16.4 Å². The smallest absolute Gasteiger partial charge is 0.253 e. The molecule has 1 fully saturated rings. The SMILES string of the molecule is CC(=O)c1sc(N2CCOCC2)c(C(N)=O)c1N. The number of morpholine rings is 1. The van der Waals surface area contributed by atoms with Crippen molar-refractivity contribution in [1.82, 2.24) is 0 Å². The van der Waals surface area contributed by atoms with Crippen LogP contribution in [0.15, 0.2) is 0 Å². The molecule has 0 bridgehead atoms. The second-order valence-electron chi connectivity index (χ2n) is 4.04. The number of rotatable bonds is 3. The monoisotopic (exact) mass is 269 g/mol. The number of hydrogen-bond acceptors (Lipinski definition) is 6. The molecule has 0 spiro atoms. The number of carbonyl (C=O) groups is 2. The first kappa shape index (κ1) is 12.8. The van der Waals surface area contributed by atoms with Gasteiger partial charge in [-0.3, -0.25) is 9.59 Å². The molecule has 1 aliphatic heterocycles. The van der Waals surface area contributed by atoms with Gasteiger partial charge in [0.15, 0.2) is 5.78 Å². The van der Waals surface area contributed by atoms with Crippen molar-refractivity contribution >= 4 is 33.7 Å². The van der Waals surface area contributed by atoms with Gasteiger partial charge in [0, 0.05) is 20.0 Å². The fourth-order valence-corrected chi connectivity index (χ4v) is 3.09. The van der Waals surface area contributed by atoms with E-state index in [2.05, 4.69) is 0 Å². The number of amides is 1. The Morgan fingerprint density at radius 3 is 2.44 bits per heavy atom. The maximum Gasteiger partial charge on any atom is 0.253 e. The predicted molar refractivity (Wildman–Crippen MR) is 70.3 cm³/mol. The van der Waals surface area contributed by atoms with Crippen LogP contribution in [0.2, 0.25) is 0 Å². The number of hydrogen-bond donors (Lipinski definition) is 2. The van der Waals surface area contributed by atoms with Crippen molar-refractivity contribution in [2.24, 2.45) is 5.73 Å². The average molecular weight is 269 g/mol. The van der Waals surface area contributed by atoms with E-state index in [-0.39, 0.29) is 17.0 Å². The standard InChI is InChI=1S/C11H15N3O3S/c1-6(15)9-8(12)7(10(13)16)11(18-9)14-2-4-17-5-3-14/h2-5,12H2,1H3,(H2,13,16). The Hall–Kier alpha value is -1.60. The van der Waals surface area contributed by atoms with Crippen LogP contribution in [0, 0.1) is 0 Å². The van der Waals surface area contributed by atoms with E-state index < -0.39 is 5.91 Å². The zero-order valence-corrected chi connectivity index (χ0v) is 10.9. The lowest BCUT2D eigenvalue weighted by Gasteiger charge is -2.28. The maximum absolute atomic E-state index is 11.5. The van der Waals surface area contributed by atoms with Crippen LogP contribution in [0.25, 0.3) is 0 Å². The van der Waals surface area contributed by atoms with Gasteiger partial charge in [0.2, 0.25) is 0 Å². The first-order valence-corrected chi connectivity index (χ1v) is 6.39. The topological polar surface area (TPSA) is 98.6 Å². The largest absolute Gasteiger partial charge is 0.397 e. The van der Waals surface area contributed by atoms with Crippen molar-refractivity contribution < 1.29 is 14.3 Å². The Bertz CT molecular complexity index is 492. The zero-order valence-electron chi connectivity index (χ0n) is 10.1. The zero-order chi connectivity index (χ0) is 13.3. The number of nitrogen functional groups attached to an aromatic ring is 1. The Morgan fingerprint density at radius 1 is 1.33 bits per heavy atom. The van der Waals surface area contributed by atoms with Crippen LogP contribution in [0.3, 0.4) is 0 Å². The molecule has 1 amide bonds. The summed E-state index contributed by atoms with van der Waals surface area (Å²) in [4.78, 5) is 25.4. The molecule has 4 N–H and O–H groups in total. The van der Waals surface area contributed by atoms with Crippen molar-refractivity contribution in [1.29, 1.82) is 0 Å². The van der Waals surface area contributed by atoms with Gasteiger partial charge in [0.1, 0.15) is 5.00 Å². The van der Waals surface area contributed by atoms with Crippen molar-refractivity contribution in [3.63, 3.8) is 0 Å². The van der Waals surface area contributed by atoms with E-state index >= 15 is 0 Å². The Labute approximate surface area is 108 Å². The fraction of sp³-hybridized carbons (Fsp3) is 0.455. The van der Waals surface area contributed by atoms with Gasteiger partial charge in [0.05, 0.1) is 29.3 Å². The Balaban J connectivity index is 2.47. The maximum atomic E-state index is 11.5. The molecule has 7 heteroatoms. The third-order valence-corrected chi connectivity index (χ3v) is 4.16. The van der Waals surface area contributed by atoms with Gasteiger partial charge in [-0.1, -0.05) is 0 Å². The van der Waals surface area contributed by atoms with Crippen molar-refractivity contribution in [3.8, 4) is 0 Å². The minimum atomic E-state index is -0.599. The van der Waals surface area contributed by atoms with Crippen molar-refractivity contribution in [3.05, 3.63) is 10.4 Å². The number of anilines is 2. The highest BCUT2D eigenvalue weighted by atomic mass is 32.1. The highest BCUT2D eigenvalue weighted by Gasteiger charge is 2.26. The lowest BCUT2D eigenvalue weighted by Crippen LogP contribution is -2.36. The summed E-state index contributed by atoms with van der Waals surface area (Å²) in [6, 6.07) is 0. The number of ether oxygens (including phenoxy) is 1. The molecule has 6 nitrogen and oxygen atoms in total. The number of carbonyl (C=O) groups excluding carboxylic acids is 2. The van der Waals surface area contributed by atoms with E-state index in [4.69, 9.17) is 16.2 Å². The average Bonchev–Trinajstić information content (AvgIpc) is 2.68. The van der Waals surface area contributed by atoms with Gasteiger partial charge in [-0.15, -0.1) is 11.3 Å². The summed E-state index contributed by atoms with van der Waals surface area (Å²) in [5.41, 5.74) is 11.6. The molecule has 0 radical (unpaired) electrons. The number of thiophene rings is 1. The summed E-state index contributed by atoms with van der Waals surface area (Å²) >= 11 is 1.22. The van der Waals surface area contributed by atoms with Gasteiger partial charge >= 0.3 is 0 Å². The summed E-state index contributed by atoms with van der Waals surface area (Å²) in [5, 5.41) is 0.675. The summed E-state index contributed by atoms with van der Waals surface area (Å²) in [7, 11) is 0. The molecule has 0 unspecified atom stereocenters. The fourth-order valence-electron chi connectivity index (χ4n) is 1.92. The van der Waals surface area contributed by atoms with Crippen LogP contribution in [-0.4, -0.2) is 38.0 Å². The number of ketones is 1. The second-order valence-corrected chi connectivity index (χ2v) is 5.04. The first-order chi connectivity index (χ1) is 8.52. The van der Waals surface area contributed by atoms with Crippen molar-refractivity contribution in [2.45, 2.75) is 6.92 Å². The molecule has 0 saturated carbocycles. The molecule has 2 heterocycles. The summed E-state index contributed by atoms with van der Waals surface area (Å²) in [5.74, 6) is -0.753. The number of primary amides is 1. The third kappa shape index (κ3) is 2.19. The van der Waals surface area contributed by atoms with E-state index in [0.29, 0.717) is 36.2 Å². The molecule has 2 rings (SSSR count). The van der Waals surface area contributed by atoms with Crippen LogP contribution in [0.4, 0.5) is 10.7 Å². The first-order valence-electron chi connectivity index (χ1n) is 5.58. The molecule has 0 aromatic carbocycles. The molecular formula is C11H15N3O3S. The molecule has 1 aromatic rings. The number of nitrogens with two attached hydrogens (primary N) is 2. The van der Waals surface area contributed by atoms with Crippen molar-refractivity contribution in [2.75, 3.05) is 36.9 Å². The molecular weight excluding hydrogens is 254 g/mol. The normalized spacial score (nSPS) is 15.7. The van der Waals surface area contributed by atoms with E-state index in [1.165, 1.54) is 18.3 Å². The summed E-state index contributed by atoms with van der Waals surface area (Å²) in [6.07, 6.45) is 0. The molecule has 0 aliphatic carbocycles. The molecule has 18 heavy (non-hydrogen) atoms. The van der Waals surface area contributed by atoms with E-state index in [1.54, 1.807) is 0 Å². The highest BCUT2D eigenvalue weighted by Crippen LogP contribution is 2.38. The summed E-state index contributed by atoms with van der Waals surface area (Å²) < 4.78 is 5.25. The van der Waals surface area contributed by atoms with Gasteiger partial charge < -0.3 is 21.1 Å². The van der Waals surface area contributed by atoms with Gasteiger partial charge in [-0.05, 0) is 0 Å². The second kappa shape index (κ2) is 4.95. The highest BCUT2D eigenvalue weighted by molar-refractivity contribution is 7.19. The lowest BCUT2D eigenvalue weighted by atomic mass is 10.2. The molecule has 1 saturated heterocycles. The molecule has 1 aromatic heterocycles. The minimum Gasteiger partial charge on any atom is -0.397 e. The van der Waals surface area contributed by atoms with Crippen LogP contribution in [0.5, 0.6) is 0 Å². The number of Topliss-reactive ketones (excluding diaryl/α,β-unsaturated/α-hetero) is 1. The van der Waals surface area contributed by atoms with Crippen LogP contribution in [-0.2, 0) is 4.74 Å². The minimum absolute atomic E-state index is 0.153. The Morgan fingerprint density at radius 2 is 1.94 bits per heavy atom. The van der Waals surface area contributed by atoms with E-state index in [9.17, 15) is 9.59 Å². The van der Waals surface area contributed by atoms with Gasteiger partial charge in [0.25, 0.3) is 5.91 Å². The molecule has 98 valence electrons. The molecule has 1 aliphatic rings. The molecule has 0 atom stereocenters. The van der Waals surface area contributed by atoms with E-state index in [1.807, 2.05) is 4.90 Å². The lowest BCUT2D eigenvalue weighted by molar-refractivity contribution is 0.0999. The quantitative estimate of drug-likeness (QED) is 0.777. The third-order valence-electron chi connectivity index (χ3n) is 2.79. The van der Waals surface area contributed by atoms with Crippen LogP contribution >= 0.6 is 11.3 Å². The summed E-state index contributed by atoms with van der Waals surface area (Å²) in [6.45, 7) is 3.93. The van der Waals surface area contributed by atoms with Gasteiger partial charge in [-0.2, -0.15) is 0 Å².